The number of para-hydroxylation sites is 1. The fourth-order valence-electron chi connectivity index (χ4n) is 3.20. The van der Waals surface area contributed by atoms with Gasteiger partial charge in [0.1, 0.15) is 0 Å². The van der Waals surface area contributed by atoms with Gasteiger partial charge in [0.25, 0.3) is 0 Å². The van der Waals surface area contributed by atoms with Crippen molar-refractivity contribution in [3.63, 3.8) is 0 Å². The summed E-state index contributed by atoms with van der Waals surface area (Å²) in [7, 11) is 0. The predicted octanol–water partition coefficient (Wildman–Crippen LogP) is 3.83. The number of fused-ring (bicyclic) bond motifs is 3. The van der Waals surface area contributed by atoms with Crippen molar-refractivity contribution in [1.29, 1.82) is 0 Å². The van der Waals surface area contributed by atoms with E-state index in [1.165, 1.54) is 5.39 Å². The Balaban J connectivity index is 2.14. The summed E-state index contributed by atoms with van der Waals surface area (Å²) in [4.78, 5) is 13.7. The highest BCUT2D eigenvalue weighted by Gasteiger charge is 2.13. The number of nitrogens with zero attached hydrogens (tertiary/aromatic N) is 2. The molecule has 0 aliphatic carbocycles. The fraction of sp³-hybridized carbons (Fsp3) is 0.316. The largest absolute Gasteiger partial charge is 0.478 e. The van der Waals surface area contributed by atoms with Gasteiger partial charge < -0.3 is 14.6 Å². The van der Waals surface area contributed by atoms with Gasteiger partial charge in [0.15, 0.2) is 0 Å². The number of likely N-dealkylation sites (N-methyl/N-ethyl adjacent to an activating group) is 1. The Morgan fingerprint density at radius 2 is 1.74 bits per heavy atom. The molecule has 0 aliphatic heterocycles. The highest BCUT2D eigenvalue weighted by Crippen LogP contribution is 2.29. The van der Waals surface area contributed by atoms with Crippen molar-refractivity contribution in [2.75, 3.05) is 19.6 Å². The minimum Gasteiger partial charge on any atom is -0.478 e. The second-order valence-electron chi connectivity index (χ2n) is 5.73. The fourth-order valence-corrected chi connectivity index (χ4v) is 3.20. The molecule has 0 spiro atoms. The van der Waals surface area contributed by atoms with Gasteiger partial charge in [-0.2, -0.15) is 0 Å². The molecule has 4 heteroatoms. The zero-order chi connectivity index (χ0) is 16.4. The van der Waals surface area contributed by atoms with E-state index in [0.717, 1.165) is 42.6 Å². The Kier molecular flexibility index (Phi) is 4.35. The Labute approximate surface area is 135 Å². The van der Waals surface area contributed by atoms with Crippen LogP contribution in [0.2, 0.25) is 0 Å². The summed E-state index contributed by atoms with van der Waals surface area (Å²) in [5, 5.41) is 11.6. The summed E-state index contributed by atoms with van der Waals surface area (Å²) in [5.41, 5.74) is 2.50. The SMILES string of the molecule is CCN(CC)CCn1c2ccccc2c2ccc(C(=O)O)cc21. The third-order valence-electron chi connectivity index (χ3n) is 4.55. The molecule has 0 bridgehead atoms. The molecule has 0 aliphatic rings. The zero-order valence-electron chi connectivity index (χ0n) is 13.6. The summed E-state index contributed by atoms with van der Waals surface area (Å²) in [6, 6.07) is 13.7. The maximum absolute atomic E-state index is 11.3. The molecule has 0 atom stereocenters. The maximum atomic E-state index is 11.3. The number of carboxylic acid groups (broad SMARTS) is 1. The van der Waals surface area contributed by atoms with Crippen LogP contribution < -0.4 is 0 Å². The van der Waals surface area contributed by atoms with Crippen molar-refractivity contribution < 1.29 is 9.90 Å². The van der Waals surface area contributed by atoms with Crippen molar-refractivity contribution in [3.8, 4) is 0 Å². The molecule has 1 N–H and O–H groups in total. The molecule has 2 aromatic carbocycles. The van der Waals surface area contributed by atoms with Crippen LogP contribution in [0, 0.1) is 0 Å². The summed E-state index contributed by atoms with van der Waals surface area (Å²) < 4.78 is 2.25. The van der Waals surface area contributed by atoms with Crippen molar-refractivity contribution in [2.24, 2.45) is 0 Å². The molecule has 120 valence electrons. The second kappa shape index (κ2) is 6.42. The molecule has 0 saturated heterocycles. The maximum Gasteiger partial charge on any atom is 0.335 e. The van der Waals surface area contributed by atoms with Gasteiger partial charge >= 0.3 is 5.97 Å². The average Bonchev–Trinajstić information content (AvgIpc) is 2.89. The van der Waals surface area contributed by atoms with Gasteiger partial charge in [-0.15, -0.1) is 0 Å². The van der Waals surface area contributed by atoms with E-state index in [-0.39, 0.29) is 0 Å². The monoisotopic (exact) mass is 310 g/mol. The van der Waals surface area contributed by atoms with Gasteiger partial charge in [-0.05, 0) is 31.3 Å². The lowest BCUT2D eigenvalue weighted by Crippen LogP contribution is -2.26. The molecule has 4 nitrogen and oxygen atoms in total. The normalized spacial score (nSPS) is 11.6. The third kappa shape index (κ3) is 2.82. The molecule has 0 unspecified atom stereocenters. The number of rotatable bonds is 6. The van der Waals surface area contributed by atoms with Crippen LogP contribution in [0.4, 0.5) is 0 Å². The molecule has 3 rings (SSSR count). The molecule has 3 aromatic rings. The Bertz CT molecular complexity index is 847. The van der Waals surface area contributed by atoms with Crippen LogP contribution in [0.1, 0.15) is 24.2 Å². The number of hydrogen-bond acceptors (Lipinski definition) is 2. The van der Waals surface area contributed by atoms with Gasteiger partial charge in [-0.25, -0.2) is 4.79 Å². The molecular formula is C19H22N2O2. The van der Waals surface area contributed by atoms with E-state index in [1.54, 1.807) is 12.1 Å². The van der Waals surface area contributed by atoms with Crippen LogP contribution in [0.15, 0.2) is 42.5 Å². The Hall–Kier alpha value is -2.33. The average molecular weight is 310 g/mol. The molecule has 0 saturated carbocycles. The van der Waals surface area contributed by atoms with Crippen LogP contribution in [-0.4, -0.2) is 40.2 Å². The molecule has 0 amide bonds. The van der Waals surface area contributed by atoms with Crippen molar-refractivity contribution in [1.82, 2.24) is 9.47 Å². The third-order valence-corrected chi connectivity index (χ3v) is 4.55. The minimum atomic E-state index is -0.882. The Morgan fingerprint density at radius 3 is 2.43 bits per heavy atom. The number of aromatic carboxylic acids is 1. The van der Waals surface area contributed by atoms with Crippen LogP contribution in [-0.2, 0) is 6.54 Å². The Morgan fingerprint density at radius 1 is 1.04 bits per heavy atom. The van der Waals surface area contributed by atoms with E-state index in [9.17, 15) is 9.90 Å². The highest BCUT2D eigenvalue weighted by atomic mass is 16.4. The van der Waals surface area contributed by atoms with Gasteiger partial charge in [-0.3, -0.25) is 0 Å². The lowest BCUT2D eigenvalue weighted by molar-refractivity contribution is 0.0697. The first-order valence-corrected chi connectivity index (χ1v) is 8.12. The number of aromatic nitrogens is 1. The van der Waals surface area contributed by atoms with Gasteiger partial charge in [0, 0.05) is 34.9 Å². The first-order chi connectivity index (χ1) is 11.2. The van der Waals surface area contributed by atoms with Gasteiger partial charge in [0.2, 0.25) is 0 Å². The summed E-state index contributed by atoms with van der Waals surface area (Å²) in [6.45, 7) is 8.19. The number of benzene rings is 2. The molecule has 1 aromatic heterocycles. The first kappa shape index (κ1) is 15.6. The highest BCUT2D eigenvalue weighted by molar-refractivity contribution is 6.09. The van der Waals surface area contributed by atoms with Crippen LogP contribution in [0.25, 0.3) is 21.8 Å². The number of hydrogen-bond donors (Lipinski definition) is 1. The van der Waals surface area contributed by atoms with E-state index in [2.05, 4.69) is 35.4 Å². The van der Waals surface area contributed by atoms with E-state index >= 15 is 0 Å². The molecule has 0 fully saturated rings. The molecular weight excluding hydrogens is 288 g/mol. The summed E-state index contributed by atoms with van der Waals surface area (Å²) in [6.07, 6.45) is 0. The summed E-state index contributed by atoms with van der Waals surface area (Å²) >= 11 is 0. The van der Waals surface area contributed by atoms with Crippen LogP contribution >= 0.6 is 0 Å². The zero-order valence-corrected chi connectivity index (χ0v) is 13.6. The number of carboxylic acids is 1. The molecule has 0 radical (unpaired) electrons. The lowest BCUT2D eigenvalue weighted by Gasteiger charge is -2.19. The van der Waals surface area contributed by atoms with Crippen LogP contribution in [0.3, 0.4) is 0 Å². The standard InChI is InChI=1S/C19H22N2O2/c1-3-20(4-2)11-12-21-17-8-6-5-7-15(17)16-10-9-14(19(22)23)13-18(16)21/h5-10,13H,3-4,11-12H2,1-2H3,(H,22,23). The van der Waals surface area contributed by atoms with E-state index < -0.39 is 5.97 Å². The predicted molar refractivity (Wildman–Crippen MR) is 94.2 cm³/mol. The first-order valence-electron chi connectivity index (χ1n) is 8.12. The minimum absolute atomic E-state index is 0.337. The van der Waals surface area contributed by atoms with Crippen molar-refractivity contribution >= 4 is 27.8 Å². The van der Waals surface area contributed by atoms with Crippen molar-refractivity contribution in [3.05, 3.63) is 48.0 Å². The lowest BCUT2D eigenvalue weighted by atomic mass is 10.1. The topological polar surface area (TPSA) is 45.5 Å². The van der Waals surface area contributed by atoms with E-state index in [4.69, 9.17) is 0 Å². The van der Waals surface area contributed by atoms with E-state index in [0.29, 0.717) is 5.56 Å². The van der Waals surface area contributed by atoms with Gasteiger partial charge in [-0.1, -0.05) is 38.1 Å². The number of carbonyl (C=O) groups is 1. The molecule has 1 heterocycles. The van der Waals surface area contributed by atoms with Gasteiger partial charge in [0.05, 0.1) is 5.56 Å². The van der Waals surface area contributed by atoms with Crippen LogP contribution in [0.5, 0.6) is 0 Å². The molecule has 23 heavy (non-hydrogen) atoms. The second-order valence-corrected chi connectivity index (χ2v) is 5.73. The quantitative estimate of drug-likeness (QED) is 0.752. The van der Waals surface area contributed by atoms with Crippen molar-refractivity contribution in [2.45, 2.75) is 20.4 Å². The smallest absolute Gasteiger partial charge is 0.335 e. The summed E-state index contributed by atoms with van der Waals surface area (Å²) in [5.74, 6) is -0.882. The van der Waals surface area contributed by atoms with E-state index in [1.807, 2.05) is 18.2 Å².